The molecule has 1 heterocycles. The molecule has 0 aromatic heterocycles. The number of hydrogen-bond donors (Lipinski definition) is 1. The molecule has 1 aliphatic heterocycles. The Morgan fingerprint density at radius 3 is 2.39 bits per heavy atom. The summed E-state index contributed by atoms with van der Waals surface area (Å²) in [6, 6.07) is 16.8. The van der Waals surface area contributed by atoms with Gasteiger partial charge in [0.25, 0.3) is 0 Å². The quantitative estimate of drug-likeness (QED) is 0.747. The Bertz CT molecular complexity index is 881. The van der Waals surface area contributed by atoms with Crippen LogP contribution in [0.3, 0.4) is 0 Å². The highest BCUT2D eigenvalue weighted by Gasteiger charge is 2.49. The number of ether oxygens (including phenoxy) is 1. The van der Waals surface area contributed by atoms with Crippen LogP contribution in [-0.4, -0.2) is 36.3 Å². The second-order valence-electron chi connectivity index (χ2n) is 7.14. The number of nitrogens with one attached hydrogen (secondary N) is 1. The first-order chi connectivity index (χ1) is 13.5. The minimum Gasteiger partial charge on any atom is -0.380 e. The lowest BCUT2D eigenvalue weighted by Crippen LogP contribution is -2.42. The molecule has 1 saturated heterocycles. The van der Waals surface area contributed by atoms with E-state index in [2.05, 4.69) is 5.32 Å². The lowest BCUT2D eigenvalue weighted by molar-refractivity contribution is -0.143. The normalized spacial score (nSPS) is 19.1. The first-order valence-corrected chi connectivity index (χ1v) is 9.18. The van der Waals surface area contributed by atoms with Gasteiger partial charge in [0.2, 0.25) is 17.7 Å². The van der Waals surface area contributed by atoms with Gasteiger partial charge in [-0.05, 0) is 23.6 Å². The van der Waals surface area contributed by atoms with Crippen LogP contribution in [-0.2, 0) is 37.7 Å². The fourth-order valence-electron chi connectivity index (χ4n) is 3.50. The molecule has 6 nitrogen and oxygen atoms in total. The van der Waals surface area contributed by atoms with Crippen LogP contribution >= 0.6 is 0 Å². The summed E-state index contributed by atoms with van der Waals surface area (Å²) in [6.07, 6.45) is 0.0692. The monoisotopic (exact) mass is 380 g/mol. The van der Waals surface area contributed by atoms with Crippen molar-refractivity contribution in [2.45, 2.75) is 31.9 Å². The molecule has 0 bridgehead atoms. The Kier molecular flexibility index (Phi) is 5.90. The van der Waals surface area contributed by atoms with E-state index in [-0.39, 0.29) is 30.7 Å². The van der Waals surface area contributed by atoms with E-state index in [0.717, 1.165) is 21.6 Å². The van der Waals surface area contributed by atoms with Crippen molar-refractivity contribution >= 4 is 17.7 Å². The molecule has 2 aromatic carbocycles. The van der Waals surface area contributed by atoms with Gasteiger partial charge in [-0.25, -0.2) is 0 Å². The lowest BCUT2D eigenvalue weighted by atomic mass is 9.81. The molecular weight excluding hydrogens is 356 g/mol. The molecule has 146 valence electrons. The molecule has 2 aromatic rings. The van der Waals surface area contributed by atoms with Crippen molar-refractivity contribution < 1.29 is 19.1 Å². The number of imide groups is 1. The first kappa shape index (κ1) is 19.8. The highest BCUT2D eigenvalue weighted by molar-refractivity contribution is 6.10. The van der Waals surface area contributed by atoms with Crippen LogP contribution in [0.4, 0.5) is 0 Å². The molecule has 0 aliphatic carbocycles. The first-order valence-electron chi connectivity index (χ1n) is 9.18. The fourth-order valence-corrected chi connectivity index (χ4v) is 3.50. The molecule has 6 heteroatoms. The standard InChI is InChI=1S/C22H24N2O4/c1-22(18-10-4-3-5-11-18)12-20(26)24(21(22)27)14-19(25)23-13-16-8-6-7-9-17(16)15-28-2/h3-11H,12-15H2,1-2H3,(H,23,25)/t22-/m0/s1. The molecule has 1 fully saturated rings. The SMILES string of the molecule is COCc1ccccc1CNC(=O)CN1C(=O)C[C@@](C)(c2ccccc2)C1=O. The van der Waals surface area contributed by atoms with Crippen molar-refractivity contribution in [1.29, 1.82) is 0 Å². The van der Waals surface area contributed by atoms with Gasteiger partial charge in [0.1, 0.15) is 6.54 Å². The van der Waals surface area contributed by atoms with Gasteiger partial charge in [0.05, 0.1) is 12.0 Å². The van der Waals surface area contributed by atoms with E-state index in [9.17, 15) is 14.4 Å². The van der Waals surface area contributed by atoms with Gasteiger partial charge in [0.15, 0.2) is 0 Å². The summed E-state index contributed by atoms with van der Waals surface area (Å²) in [5.41, 5.74) is 1.77. The van der Waals surface area contributed by atoms with Crippen LogP contribution in [0.1, 0.15) is 30.0 Å². The Hall–Kier alpha value is -2.99. The Balaban J connectivity index is 1.65. The Labute approximate surface area is 164 Å². The van der Waals surface area contributed by atoms with Crippen LogP contribution in [0.5, 0.6) is 0 Å². The van der Waals surface area contributed by atoms with Gasteiger partial charge in [-0.1, -0.05) is 54.6 Å². The van der Waals surface area contributed by atoms with Crippen molar-refractivity contribution in [3.63, 3.8) is 0 Å². The molecule has 1 atom stereocenters. The zero-order valence-electron chi connectivity index (χ0n) is 16.1. The lowest BCUT2D eigenvalue weighted by Gasteiger charge is -2.22. The number of hydrogen-bond acceptors (Lipinski definition) is 4. The number of benzene rings is 2. The van der Waals surface area contributed by atoms with E-state index >= 15 is 0 Å². The predicted octanol–water partition coefficient (Wildman–Crippen LogP) is 2.17. The van der Waals surface area contributed by atoms with Crippen molar-refractivity contribution in [3.8, 4) is 0 Å². The molecule has 1 N–H and O–H groups in total. The topological polar surface area (TPSA) is 75.7 Å². The molecule has 3 rings (SSSR count). The highest BCUT2D eigenvalue weighted by Crippen LogP contribution is 2.35. The van der Waals surface area contributed by atoms with Crippen molar-refractivity contribution in [3.05, 3.63) is 71.3 Å². The van der Waals surface area contributed by atoms with Crippen molar-refractivity contribution in [2.75, 3.05) is 13.7 Å². The fraction of sp³-hybridized carbons (Fsp3) is 0.318. The summed E-state index contributed by atoms with van der Waals surface area (Å²) in [7, 11) is 1.61. The predicted molar refractivity (Wildman–Crippen MR) is 104 cm³/mol. The molecule has 28 heavy (non-hydrogen) atoms. The van der Waals surface area contributed by atoms with Crippen LogP contribution in [0.15, 0.2) is 54.6 Å². The van der Waals surface area contributed by atoms with E-state index in [1.807, 2.05) is 54.6 Å². The summed E-state index contributed by atoms with van der Waals surface area (Å²) in [5, 5.41) is 2.79. The van der Waals surface area contributed by atoms with Gasteiger partial charge in [0, 0.05) is 20.1 Å². The minimum atomic E-state index is -0.927. The van der Waals surface area contributed by atoms with E-state index < -0.39 is 5.41 Å². The van der Waals surface area contributed by atoms with Gasteiger partial charge in [-0.15, -0.1) is 0 Å². The largest absolute Gasteiger partial charge is 0.380 e. The molecule has 0 saturated carbocycles. The average molecular weight is 380 g/mol. The van der Waals surface area contributed by atoms with E-state index in [1.54, 1.807) is 14.0 Å². The summed E-state index contributed by atoms with van der Waals surface area (Å²) < 4.78 is 5.17. The maximum Gasteiger partial charge on any atom is 0.240 e. The molecule has 3 amide bonds. The van der Waals surface area contributed by atoms with Crippen LogP contribution in [0.25, 0.3) is 0 Å². The van der Waals surface area contributed by atoms with Gasteiger partial charge in [-0.2, -0.15) is 0 Å². The number of nitrogens with zero attached hydrogens (tertiary/aromatic N) is 1. The third-order valence-corrected chi connectivity index (χ3v) is 5.13. The molecule has 0 radical (unpaired) electrons. The van der Waals surface area contributed by atoms with Crippen molar-refractivity contribution in [2.24, 2.45) is 0 Å². The number of carbonyl (C=O) groups excluding carboxylic acids is 3. The van der Waals surface area contributed by atoms with E-state index in [1.165, 1.54) is 0 Å². The maximum atomic E-state index is 12.9. The molecular formula is C22H24N2O4. The van der Waals surface area contributed by atoms with Gasteiger partial charge >= 0.3 is 0 Å². The highest BCUT2D eigenvalue weighted by atomic mass is 16.5. The summed E-state index contributed by atoms with van der Waals surface area (Å²) >= 11 is 0. The maximum absolute atomic E-state index is 12.9. The van der Waals surface area contributed by atoms with Gasteiger partial charge < -0.3 is 10.1 Å². The number of rotatable bonds is 7. The van der Waals surface area contributed by atoms with Crippen LogP contribution in [0, 0.1) is 0 Å². The van der Waals surface area contributed by atoms with E-state index in [0.29, 0.717) is 13.2 Å². The van der Waals surface area contributed by atoms with Crippen molar-refractivity contribution in [1.82, 2.24) is 10.2 Å². The summed E-state index contributed by atoms with van der Waals surface area (Å²) in [5.74, 6) is -1.03. The summed E-state index contributed by atoms with van der Waals surface area (Å²) in [4.78, 5) is 38.8. The number of methoxy groups -OCH3 is 1. The van der Waals surface area contributed by atoms with Crippen LogP contribution < -0.4 is 5.32 Å². The third-order valence-electron chi connectivity index (χ3n) is 5.13. The molecule has 1 aliphatic rings. The molecule has 0 spiro atoms. The Morgan fingerprint density at radius 2 is 1.71 bits per heavy atom. The molecule has 0 unspecified atom stereocenters. The third kappa shape index (κ3) is 3.97. The zero-order valence-corrected chi connectivity index (χ0v) is 16.1. The van der Waals surface area contributed by atoms with Gasteiger partial charge in [-0.3, -0.25) is 19.3 Å². The second kappa shape index (κ2) is 8.35. The smallest absolute Gasteiger partial charge is 0.240 e. The summed E-state index contributed by atoms with van der Waals surface area (Å²) in [6.45, 7) is 2.24. The zero-order chi connectivity index (χ0) is 20.1. The number of likely N-dealkylation sites (tertiary alicyclic amines) is 1. The minimum absolute atomic E-state index is 0.0692. The Morgan fingerprint density at radius 1 is 1.07 bits per heavy atom. The average Bonchev–Trinajstić information content (AvgIpc) is 2.92. The van der Waals surface area contributed by atoms with Crippen LogP contribution in [0.2, 0.25) is 0 Å². The number of amides is 3. The number of carbonyl (C=O) groups is 3. The van der Waals surface area contributed by atoms with E-state index in [4.69, 9.17) is 4.74 Å². The second-order valence-corrected chi connectivity index (χ2v) is 7.14.